The van der Waals surface area contributed by atoms with Crippen LogP contribution in [0.4, 0.5) is 5.82 Å². The summed E-state index contributed by atoms with van der Waals surface area (Å²) >= 11 is 0. The predicted molar refractivity (Wildman–Crippen MR) is 103 cm³/mol. The van der Waals surface area contributed by atoms with Crippen LogP contribution in [0.3, 0.4) is 0 Å². The van der Waals surface area contributed by atoms with E-state index in [0.29, 0.717) is 17.8 Å². The van der Waals surface area contributed by atoms with Gasteiger partial charge in [0.05, 0.1) is 17.6 Å². The van der Waals surface area contributed by atoms with Gasteiger partial charge in [0.15, 0.2) is 9.84 Å². The van der Waals surface area contributed by atoms with E-state index < -0.39 is 15.9 Å². The SMILES string of the molecule is CCN(C(=O)c1cccc(-n2ncc(C#N)c2N)c1)C(C)CS(=O)(=O)CC. The van der Waals surface area contributed by atoms with Gasteiger partial charge in [-0.15, -0.1) is 0 Å². The van der Waals surface area contributed by atoms with Gasteiger partial charge in [-0.25, -0.2) is 13.1 Å². The van der Waals surface area contributed by atoms with Crippen LogP contribution >= 0.6 is 0 Å². The zero-order valence-corrected chi connectivity index (χ0v) is 16.4. The molecule has 0 aliphatic carbocycles. The first-order valence-electron chi connectivity index (χ1n) is 8.59. The fraction of sp³-hybridized carbons (Fsp3) is 0.389. The lowest BCUT2D eigenvalue weighted by Gasteiger charge is -2.28. The van der Waals surface area contributed by atoms with Crippen LogP contribution in [0.5, 0.6) is 0 Å². The summed E-state index contributed by atoms with van der Waals surface area (Å²) < 4.78 is 25.2. The zero-order chi connectivity index (χ0) is 20.2. The van der Waals surface area contributed by atoms with E-state index in [1.54, 1.807) is 38.1 Å². The third-order valence-electron chi connectivity index (χ3n) is 4.33. The number of nitrogens with zero attached hydrogens (tertiary/aromatic N) is 4. The molecule has 1 unspecified atom stereocenters. The molecule has 0 radical (unpaired) electrons. The Bertz CT molecular complexity index is 975. The minimum Gasteiger partial charge on any atom is -0.382 e. The van der Waals surface area contributed by atoms with Crippen molar-refractivity contribution in [2.45, 2.75) is 26.8 Å². The van der Waals surface area contributed by atoms with E-state index in [0.717, 1.165) is 0 Å². The summed E-state index contributed by atoms with van der Waals surface area (Å²) in [5.41, 5.74) is 7.10. The molecule has 1 heterocycles. The molecule has 2 aromatic rings. The van der Waals surface area contributed by atoms with E-state index >= 15 is 0 Å². The number of nitriles is 1. The Morgan fingerprint density at radius 1 is 1.41 bits per heavy atom. The molecule has 1 amide bonds. The van der Waals surface area contributed by atoms with Crippen molar-refractivity contribution in [1.29, 1.82) is 5.26 Å². The number of sulfone groups is 1. The van der Waals surface area contributed by atoms with Gasteiger partial charge in [-0.2, -0.15) is 10.4 Å². The van der Waals surface area contributed by atoms with Gasteiger partial charge in [-0.1, -0.05) is 13.0 Å². The Morgan fingerprint density at radius 3 is 2.67 bits per heavy atom. The Balaban J connectivity index is 2.33. The van der Waals surface area contributed by atoms with E-state index in [4.69, 9.17) is 11.0 Å². The number of benzene rings is 1. The van der Waals surface area contributed by atoms with Crippen molar-refractivity contribution in [3.63, 3.8) is 0 Å². The highest BCUT2D eigenvalue weighted by atomic mass is 32.2. The second-order valence-corrected chi connectivity index (χ2v) is 8.55. The van der Waals surface area contributed by atoms with Crippen molar-refractivity contribution in [2.75, 3.05) is 23.8 Å². The van der Waals surface area contributed by atoms with Gasteiger partial charge < -0.3 is 10.6 Å². The molecule has 0 aliphatic rings. The van der Waals surface area contributed by atoms with Crippen LogP contribution in [0.2, 0.25) is 0 Å². The summed E-state index contributed by atoms with van der Waals surface area (Å²) in [6.45, 7) is 5.50. The normalized spacial score (nSPS) is 12.4. The standard InChI is InChI=1S/C18H23N5O3S/c1-4-22(13(3)12-27(25,26)5-2)18(24)14-7-6-8-16(9-14)23-17(20)15(10-19)11-21-23/h6-9,11,13H,4-5,12,20H2,1-3H3. The molecular weight excluding hydrogens is 366 g/mol. The van der Waals surface area contributed by atoms with Crippen molar-refractivity contribution in [1.82, 2.24) is 14.7 Å². The van der Waals surface area contributed by atoms with E-state index in [1.165, 1.54) is 15.8 Å². The summed E-state index contributed by atoms with van der Waals surface area (Å²) in [4.78, 5) is 14.5. The maximum Gasteiger partial charge on any atom is 0.254 e. The van der Waals surface area contributed by atoms with Crippen LogP contribution in [-0.2, 0) is 9.84 Å². The number of nitrogen functional groups attached to an aromatic ring is 1. The van der Waals surface area contributed by atoms with E-state index in [1.807, 2.05) is 13.0 Å². The minimum atomic E-state index is -3.20. The highest BCUT2D eigenvalue weighted by Gasteiger charge is 2.24. The average molecular weight is 389 g/mol. The number of nitrogens with two attached hydrogens (primary N) is 1. The molecule has 0 aliphatic heterocycles. The monoisotopic (exact) mass is 389 g/mol. The number of aromatic nitrogens is 2. The summed E-state index contributed by atoms with van der Waals surface area (Å²) in [5.74, 6) is -0.125. The molecule has 0 saturated carbocycles. The molecular formula is C18H23N5O3S. The van der Waals surface area contributed by atoms with Crippen molar-refractivity contribution in [3.8, 4) is 11.8 Å². The summed E-state index contributed by atoms with van der Waals surface area (Å²) in [7, 11) is -3.20. The van der Waals surface area contributed by atoms with Crippen molar-refractivity contribution in [2.24, 2.45) is 0 Å². The van der Waals surface area contributed by atoms with Crippen molar-refractivity contribution >= 4 is 21.6 Å². The third kappa shape index (κ3) is 4.46. The first-order chi connectivity index (χ1) is 12.7. The smallest absolute Gasteiger partial charge is 0.254 e. The quantitative estimate of drug-likeness (QED) is 0.768. The first kappa shape index (κ1) is 20.5. The predicted octanol–water partition coefficient (Wildman–Crippen LogP) is 1.61. The molecule has 0 spiro atoms. The van der Waals surface area contributed by atoms with Gasteiger partial charge in [0, 0.05) is 23.9 Å². The van der Waals surface area contributed by atoms with Crippen LogP contribution in [0, 0.1) is 11.3 Å². The van der Waals surface area contributed by atoms with Crippen LogP contribution < -0.4 is 5.73 Å². The van der Waals surface area contributed by atoms with E-state index in [2.05, 4.69) is 5.10 Å². The second kappa shape index (κ2) is 8.22. The first-order valence-corrected chi connectivity index (χ1v) is 10.4. The van der Waals surface area contributed by atoms with Crippen molar-refractivity contribution < 1.29 is 13.2 Å². The Hall–Kier alpha value is -2.86. The lowest BCUT2D eigenvalue weighted by atomic mass is 10.1. The van der Waals surface area contributed by atoms with E-state index in [9.17, 15) is 13.2 Å². The fourth-order valence-electron chi connectivity index (χ4n) is 2.82. The highest BCUT2D eigenvalue weighted by Crippen LogP contribution is 2.19. The van der Waals surface area contributed by atoms with Crippen LogP contribution in [-0.4, -0.2) is 53.1 Å². The molecule has 1 aromatic heterocycles. The van der Waals surface area contributed by atoms with Gasteiger partial charge in [0.25, 0.3) is 5.91 Å². The number of hydrogen-bond acceptors (Lipinski definition) is 6. The van der Waals surface area contributed by atoms with Crippen LogP contribution in [0.1, 0.15) is 36.7 Å². The largest absolute Gasteiger partial charge is 0.382 e. The molecule has 0 fully saturated rings. The molecule has 8 nitrogen and oxygen atoms in total. The number of anilines is 1. The average Bonchev–Trinajstić information content (AvgIpc) is 3.02. The van der Waals surface area contributed by atoms with Gasteiger partial charge in [0.2, 0.25) is 0 Å². The molecule has 144 valence electrons. The molecule has 2 N–H and O–H groups in total. The number of rotatable bonds is 7. The molecule has 1 atom stereocenters. The number of hydrogen-bond donors (Lipinski definition) is 1. The summed E-state index contributed by atoms with van der Waals surface area (Å²) in [6, 6.07) is 8.19. The topological polar surface area (TPSA) is 122 Å². The second-order valence-electron chi connectivity index (χ2n) is 6.16. The zero-order valence-electron chi connectivity index (χ0n) is 15.6. The molecule has 0 bridgehead atoms. The van der Waals surface area contributed by atoms with E-state index in [-0.39, 0.29) is 28.8 Å². The summed E-state index contributed by atoms with van der Waals surface area (Å²) in [6.07, 6.45) is 1.36. The molecule has 0 saturated heterocycles. The number of carbonyl (C=O) groups is 1. The molecule has 27 heavy (non-hydrogen) atoms. The van der Waals surface area contributed by atoms with Gasteiger partial charge in [-0.3, -0.25) is 4.79 Å². The molecule has 2 rings (SSSR count). The molecule has 1 aromatic carbocycles. The minimum absolute atomic E-state index is 0.0401. The van der Waals surface area contributed by atoms with Crippen LogP contribution in [0.25, 0.3) is 5.69 Å². The van der Waals surface area contributed by atoms with Crippen LogP contribution in [0.15, 0.2) is 30.5 Å². The maximum absolute atomic E-state index is 12.9. The lowest BCUT2D eigenvalue weighted by molar-refractivity contribution is 0.0719. The summed E-state index contributed by atoms with van der Waals surface area (Å²) in [5, 5.41) is 13.1. The highest BCUT2D eigenvalue weighted by molar-refractivity contribution is 7.91. The van der Waals surface area contributed by atoms with Crippen molar-refractivity contribution in [3.05, 3.63) is 41.6 Å². The Kier molecular flexibility index (Phi) is 6.23. The number of amides is 1. The lowest BCUT2D eigenvalue weighted by Crippen LogP contribution is -2.42. The van der Waals surface area contributed by atoms with Gasteiger partial charge in [0.1, 0.15) is 17.5 Å². The van der Waals surface area contributed by atoms with Gasteiger partial charge >= 0.3 is 0 Å². The number of carbonyl (C=O) groups excluding carboxylic acids is 1. The molecule has 9 heteroatoms. The fourth-order valence-corrected chi connectivity index (χ4v) is 3.97. The third-order valence-corrected chi connectivity index (χ3v) is 6.20. The van der Waals surface area contributed by atoms with Gasteiger partial charge in [-0.05, 0) is 32.0 Å². The Morgan fingerprint density at radius 2 is 2.11 bits per heavy atom. The Labute approximate surface area is 159 Å². The maximum atomic E-state index is 12.9.